The molecule has 0 fully saturated rings. The molecule has 2 aromatic carbocycles. The maximum Gasteiger partial charge on any atom is 0.202 e. The first-order valence-electron chi connectivity index (χ1n) is 9.83. The highest BCUT2D eigenvalue weighted by atomic mass is 19.1. The zero-order valence-corrected chi connectivity index (χ0v) is 16.7. The van der Waals surface area contributed by atoms with Crippen LogP contribution in [0.25, 0.3) is 16.7 Å². The van der Waals surface area contributed by atoms with Crippen LogP contribution in [0, 0.1) is 5.82 Å². The molecule has 0 radical (unpaired) electrons. The first-order valence-corrected chi connectivity index (χ1v) is 9.83. The molecule has 1 atom stereocenters. The number of hydroxylamine groups is 2. The summed E-state index contributed by atoms with van der Waals surface area (Å²) in [4.78, 5) is 14.9. The summed E-state index contributed by atoms with van der Waals surface area (Å²) >= 11 is 0. The van der Waals surface area contributed by atoms with Gasteiger partial charge in [-0.15, -0.1) is 0 Å². The van der Waals surface area contributed by atoms with E-state index in [4.69, 9.17) is 9.82 Å². The summed E-state index contributed by atoms with van der Waals surface area (Å²) in [5.41, 5.74) is 4.57. The number of rotatable bonds is 5. The zero-order chi connectivity index (χ0) is 20.7. The third-order valence-electron chi connectivity index (χ3n) is 5.20. The Balaban J connectivity index is 1.51. The molecule has 0 spiro atoms. The molecule has 8 heteroatoms. The molecule has 5 rings (SSSR count). The molecule has 7 nitrogen and oxygen atoms in total. The molecule has 1 aliphatic rings. The molecule has 0 bridgehead atoms. The standard InChI is InChI=1S/C22H21FN6O/c1-3-28-20-11-15(22-24-14-27(2)30-22)7-8-19(20)26-21(28)13-18-9-10-25-29(18)17-6-4-5-16(23)12-17/h4-12,14,22H,3,13H2,1-2H3. The highest BCUT2D eigenvalue weighted by Crippen LogP contribution is 2.28. The van der Waals surface area contributed by atoms with Crippen molar-refractivity contribution in [2.24, 2.45) is 4.99 Å². The first kappa shape index (κ1) is 18.5. The summed E-state index contributed by atoms with van der Waals surface area (Å²) < 4.78 is 17.6. The number of hydrogen-bond donors (Lipinski definition) is 0. The van der Waals surface area contributed by atoms with Crippen LogP contribution in [0.5, 0.6) is 0 Å². The summed E-state index contributed by atoms with van der Waals surface area (Å²) in [6.45, 7) is 2.87. The minimum Gasteiger partial charge on any atom is -0.328 e. The molecule has 0 N–H and O–H groups in total. The van der Waals surface area contributed by atoms with Crippen LogP contribution in [-0.2, 0) is 17.8 Å². The maximum atomic E-state index is 13.7. The number of halogens is 1. The monoisotopic (exact) mass is 404 g/mol. The van der Waals surface area contributed by atoms with E-state index >= 15 is 0 Å². The molecule has 0 amide bonds. The van der Waals surface area contributed by atoms with Crippen molar-refractivity contribution in [3.05, 3.63) is 77.6 Å². The molecule has 1 aliphatic heterocycles. The van der Waals surface area contributed by atoms with Crippen molar-refractivity contribution in [2.45, 2.75) is 26.1 Å². The predicted molar refractivity (Wildman–Crippen MR) is 112 cm³/mol. The van der Waals surface area contributed by atoms with Crippen LogP contribution in [0.2, 0.25) is 0 Å². The second-order valence-corrected chi connectivity index (χ2v) is 7.18. The largest absolute Gasteiger partial charge is 0.328 e. The van der Waals surface area contributed by atoms with E-state index in [0.29, 0.717) is 12.1 Å². The quantitative estimate of drug-likeness (QED) is 0.507. The van der Waals surface area contributed by atoms with Crippen LogP contribution < -0.4 is 0 Å². The minimum atomic E-state index is -0.336. The van der Waals surface area contributed by atoms with E-state index in [1.165, 1.54) is 12.1 Å². The van der Waals surface area contributed by atoms with Crippen LogP contribution in [0.4, 0.5) is 4.39 Å². The van der Waals surface area contributed by atoms with Gasteiger partial charge >= 0.3 is 0 Å². The molecule has 0 aliphatic carbocycles. The molecule has 0 saturated heterocycles. The molecule has 30 heavy (non-hydrogen) atoms. The van der Waals surface area contributed by atoms with Gasteiger partial charge in [-0.25, -0.2) is 28.9 Å². The Hall–Kier alpha value is -3.52. The van der Waals surface area contributed by atoms with Crippen LogP contribution in [0.15, 0.2) is 59.7 Å². The van der Waals surface area contributed by atoms with Gasteiger partial charge in [0.1, 0.15) is 18.0 Å². The van der Waals surface area contributed by atoms with Gasteiger partial charge in [0.05, 0.1) is 22.4 Å². The van der Waals surface area contributed by atoms with Crippen LogP contribution >= 0.6 is 0 Å². The number of imidazole rings is 1. The van der Waals surface area contributed by atoms with Gasteiger partial charge in [0.15, 0.2) is 0 Å². The number of nitrogens with zero attached hydrogens (tertiary/aromatic N) is 6. The van der Waals surface area contributed by atoms with Gasteiger partial charge in [-0.2, -0.15) is 5.10 Å². The summed E-state index contributed by atoms with van der Waals surface area (Å²) in [6, 6.07) is 14.4. The molecule has 152 valence electrons. The Morgan fingerprint density at radius 1 is 1.13 bits per heavy atom. The lowest BCUT2D eigenvalue weighted by atomic mass is 10.2. The smallest absolute Gasteiger partial charge is 0.202 e. The molecule has 4 aromatic rings. The molecular weight excluding hydrogens is 383 g/mol. The Morgan fingerprint density at radius 3 is 2.80 bits per heavy atom. The molecule has 3 heterocycles. The van der Waals surface area contributed by atoms with Gasteiger partial charge in [0.2, 0.25) is 6.23 Å². The topological polar surface area (TPSA) is 60.5 Å². The lowest BCUT2D eigenvalue weighted by Crippen LogP contribution is -2.11. The van der Waals surface area contributed by atoms with Gasteiger partial charge in [-0.3, -0.25) is 0 Å². The SMILES string of the molecule is CCn1c(Cc2ccnn2-c2cccc(F)c2)nc2ccc(C3N=CN(C)O3)cc21. The summed E-state index contributed by atoms with van der Waals surface area (Å²) in [6.07, 6.45) is 3.64. The highest BCUT2D eigenvalue weighted by Gasteiger charge is 2.20. The fraction of sp³-hybridized carbons (Fsp3) is 0.227. The predicted octanol–water partition coefficient (Wildman–Crippen LogP) is 3.88. The van der Waals surface area contributed by atoms with Crippen molar-refractivity contribution in [1.82, 2.24) is 24.4 Å². The van der Waals surface area contributed by atoms with Crippen molar-refractivity contribution in [3.63, 3.8) is 0 Å². The Kier molecular flexibility index (Phi) is 4.55. The van der Waals surface area contributed by atoms with Gasteiger partial charge in [0, 0.05) is 31.8 Å². The van der Waals surface area contributed by atoms with E-state index in [9.17, 15) is 4.39 Å². The first-order chi connectivity index (χ1) is 14.6. The van der Waals surface area contributed by atoms with Gasteiger partial charge in [0.25, 0.3) is 0 Å². The molecule has 2 aromatic heterocycles. The Morgan fingerprint density at radius 2 is 2.03 bits per heavy atom. The average Bonchev–Trinajstić information content (AvgIpc) is 3.46. The number of aryl methyl sites for hydroxylation is 1. The van der Waals surface area contributed by atoms with E-state index in [2.05, 4.69) is 27.6 Å². The van der Waals surface area contributed by atoms with E-state index in [1.54, 1.807) is 28.3 Å². The average molecular weight is 404 g/mol. The highest BCUT2D eigenvalue weighted by molar-refractivity contribution is 5.77. The van der Waals surface area contributed by atoms with Crippen LogP contribution in [0.3, 0.4) is 0 Å². The fourth-order valence-electron chi connectivity index (χ4n) is 3.81. The van der Waals surface area contributed by atoms with Crippen molar-refractivity contribution < 1.29 is 9.23 Å². The number of benzene rings is 2. The lowest BCUT2D eigenvalue weighted by molar-refractivity contribution is -0.103. The van der Waals surface area contributed by atoms with Gasteiger partial charge in [-0.1, -0.05) is 12.1 Å². The third-order valence-corrected chi connectivity index (χ3v) is 5.20. The lowest BCUT2D eigenvalue weighted by Gasteiger charge is -2.12. The summed E-state index contributed by atoms with van der Waals surface area (Å²) in [5, 5.41) is 5.98. The zero-order valence-electron chi connectivity index (χ0n) is 16.7. The van der Waals surface area contributed by atoms with E-state index in [-0.39, 0.29) is 12.0 Å². The Labute approximate surface area is 173 Å². The summed E-state index contributed by atoms with van der Waals surface area (Å²) in [5.74, 6) is 0.639. The van der Waals surface area contributed by atoms with Crippen LogP contribution in [0.1, 0.15) is 30.2 Å². The van der Waals surface area contributed by atoms with E-state index < -0.39 is 0 Å². The van der Waals surface area contributed by atoms with Crippen molar-refractivity contribution in [1.29, 1.82) is 0 Å². The third kappa shape index (κ3) is 3.25. The molecule has 1 unspecified atom stereocenters. The van der Waals surface area contributed by atoms with E-state index in [0.717, 1.165) is 34.7 Å². The normalized spacial score (nSPS) is 16.1. The van der Waals surface area contributed by atoms with Crippen molar-refractivity contribution in [2.75, 3.05) is 7.05 Å². The molecule has 0 saturated carbocycles. The van der Waals surface area contributed by atoms with E-state index in [1.807, 2.05) is 31.3 Å². The number of aromatic nitrogens is 4. The van der Waals surface area contributed by atoms with Gasteiger partial charge in [-0.05, 0) is 43.3 Å². The Bertz CT molecular complexity index is 1240. The second-order valence-electron chi connectivity index (χ2n) is 7.18. The number of hydrogen-bond acceptors (Lipinski definition) is 5. The molecular formula is C22H21FN6O. The maximum absolute atomic E-state index is 13.7. The minimum absolute atomic E-state index is 0.287. The van der Waals surface area contributed by atoms with Crippen molar-refractivity contribution >= 4 is 17.4 Å². The number of fused-ring (bicyclic) bond motifs is 1. The van der Waals surface area contributed by atoms with Gasteiger partial charge < -0.3 is 4.57 Å². The second kappa shape index (κ2) is 7.38. The fourth-order valence-corrected chi connectivity index (χ4v) is 3.81. The number of aliphatic imine (C=N–C) groups is 1. The summed E-state index contributed by atoms with van der Waals surface area (Å²) in [7, 11) is 1.82. The van der Waals surface area contributed by atoms with Crippen molar-refractivity contribution in [3.8, 4) is 5.69 Å². The van der Waals surface area contributed by atoms with Crippen LogP contribution in [-0.4, -0.2) is 37.8 Å².